The highest BCUT2D eigenvalue weighted by Gasteiger charge is 2.23. The zero-order chi connectivity index (χ0) is 13.8. The monoisotopic (exact) mass is 261 g/mol. The average Bonchev–Trinajstić information content (AvgIpc) is 2.40. The number of nitrogens with zero attached hydrogens (tertiary/aromatic N) is 2. The Kier molecular flexibility index (Phi) is 4.81. The Morgan fingerprint density at radius 2 is 2.11 bits per heavy atom. The third kappa shape index (κ3) is 3.93. The number of piperidine rings is 1. The molecule has 2 unspecified atom stereocenters. The van der Waals surface area contributed by atoms with Gasteiger partial charge in [0.25, 0.3) is 0 Å². The SMILES string of the molecule is CC(C)NCc1ccc(N2CCC(C)C(C)C2)nc1. The molecule has 1 N–H and O–H groups in total. The Hall–Kier alpha value is -1.09. The predicted molar refractivity (Wildman–Crippen MR) is 81.4 cm³/mol. The molecule has 1 saturated heterocycles. The maximum atomic E-state index is 4.63. The van der Waals surface area contributed by atoms with Gasteiger partial charge in [0.2, 0.25) is 0 Å². The summed E-state index contributed by atoms with van der Waals surface area (Å²) < 4.78 is 0. The van der Waals surface area contributed by atoms with Crippen LogP contribution in [0.15, 0.2) is 18.3 Å². The van der Waals surface area contributed by atoms with Crippen LogP contribution in [0.25, 0.3) is 0 Å². The van der Waals surface area contributed by atoms with E-state index in [-0.39, 0.29) is 0 Å². The Morgan fingerprint density at radius 1 is 1.32 bits per heavy atom. The van der Waals surface area contributed by atoms with Crippen LogP contribution in [0.3, 0.4) is 0 Å². The molecule has 3 nitrogen and oxygen atoms in total. The summed E-state index contributed by atoms with van der Waals surface area (Å²) in [7, 11) is 0. The molecule has 1 aliphatic rings. The molecule has 0 saturated carbocycles. The molecule has 19 heavy (non-hydrogen) atoms. The smallest absolute Gasteiger partial charge is 0.128 e. The van der Waals surface area contributed by atoms with Crippen LogP contribution in [0.1, 0.15) is 39.7 Å². The Morgan fingerprint density at radius 3 is 2.68 bits per heavy atom. The number of hydrogen-bond donors (Lipinski definition) is 1. The second-order valence-corrected chi connectivity index (χ2v) is 6.25. The highest BCUT2D eigenvalue weighted by atomic mass is 15.2. The Balaban J connectivity index is 1.94. The summed E-state index contributed by atoms with van der Waals surface area (Å²) in [5.74, 6) is 2.73. The van der Waals surface area contributed by atoms with Crippen LogP contribution < -0.4 is 10.2 Å². The normalized spacial score (nSPS) is 23.9. The maximum Gasteiger partial charge on any atom is 0.128 e. The van der Waals surface area contributed by atoms with Gasteiger partial charge in [-0.15, -0.1) is 0 Å². The molecule has 0 spiro atoms. The standard InChI is InChI=1S/C16H27N3/c1-12(2)17-9-15-5-6-16(18-10-15)19-8-7-13(3)14(4)11-19/h5-6,10,12-14,17H,7-9,11H2,1-4H3. The number of aromatic nitrogens is 1. The summed E-state index contributed by atoms with van der Waals surface area (Å²) in [6.07, 6.45) is 3.28. The average molecular weight is 261 g/mol. The van der Waals surface area contributed by atoms with Crippen LogP contribution in [-0.4, -0.2) is 24.1 Å². The summed E-state index contributed by atoms with van der Waals surface area (Å²) in [5, 5.41) is 3.42. The fourth-order valence-electron chi connectivity index (χ4n) is 2.50. The molecule has 0 bridgehead atoms. The lowest BCUT2D eigenvalue weighted by molar-refractivity contribution is 0.323. The Bertz CT molecular complexity index is 385. The lowest BCUT2D eigenvalue weighted by Crippen LogP contribution is -2.38. The molecule has 2 atom stereocenters. The van der Waals surface area contributed by atoms with Gasteiger partial charge in [0.05, 0.1) is 0 Å². The van der Waals surface area contributed by atoms with E-state index < -0.39 is 0 Å². The van der Waals surface area contributed by atoms with Crippen molar-refractivity contribution in [3.05, 3.63) is 23.9 Å². The van der Waals surface area contributed by atoms with Crippen molar-refractivity contribution in [3.8, 4) is 0 Å². The number of pyridine rings is 1. The molecular formula is C16H27N3. The van der Waals surface area contributed by atoms with Gasteiger partial charge < -0.3 is 10.2 Å². The van der Waals surface area contributed by atoms with Crippen molar-refractivity contribution in [2.45, 2.75) is 46.7 Å². The van der Waals surface area contributed by atoms with Gasteiger partial charge >= 0.3 is 0 Å². The summed E-state index contributed by atoms with van der Waals surface area (Å²) in [4.78, 5) is 7.05. The van der Waals surface area contributed by atoms with Crippen LogP contribution in [0.5, 0.6) is 0 Å². The third-order valence-corrected chi connectivity index (χ3v) is 4.18. The van der Waals surface area contributed by atoms with Crippen molar-refractivity contribution in [3.63, 3.8) is 0 Å². The zero-order valence-electron chi connectivity index (χ0n) is 12.7. The molecule has 2 rings (SSSR count). The molecule has 0 aliphatic carbocycles. The van der Waals surface area contributed by atoms with E-state index in [2.05, 4.69) is 55.0 Å². The fraction of sp³-hybridized carbons (Fsp3) is 0.688. The highest BCUT2D eigenvalue weighted by molar-refractivity contribution is 5.40. The van der Waals surface area contributed by atoms with Crippen molar-refractivity contribution >= 4 is 5.82 Å². The first-order valence-electron chi connectivity index (χ1n) is 7.49. The van der Waals surface area contributed by atoms with E-state index in [0.29, 0.717) is 6.04 Å². The largest absolute Gasteiger partial charge is 0.356 e. The number of anilines is 1. The minimum Gasteiger partial charge on any atom is -0.356 e. The quantitative estimate of drug-likeness (QED) is 0.903. The molecule has 0 amide bonds. The van der Waals surface area contributed by atoms with E-state index >= 15 is 0 Å². The molecule has 1 aromatic heterocycles. The van der Waals surface area contributed by atoms with Crippen molar-refractivity contribution in [1.82, 2.24) is 10.3 Å². The number of nitrogens with one attached hydrogen (secondary N) is 1. The van der Waals surface area contributed by atoms with Gasteiger partial charge in [-0.1, -0.05) is 33.8 Å². The molecule has 1 aliphatic heterocycles. The lowest BCUT2D eigenvalue weighted by atomic mass is 9.89. The van der Waals surface area contributed by atoms with Crippen molar-refractivity contribution in [2.24, 2.45) is 11.8 Å². The summed E-state index contributed by atoms with van der Waals surface area (Å²) >= 11 is 0. The molecule has 106 valence electrons. The minimum atomic E-state index is 0.518. The van der Waals surface area contributed by atoms with Gasteiger partial charge in [-0.05, 0) is 29.9 Å². The van der Waals surface area contributed by atoms with Crippen LogP contribution in [-0.2, 0) is 6.54 Å². The Labute approximate surface area is 117 Å². The highest BCUT2D eigenvalue weighted by Crippen LogP contribution is 2.25. The number of rotatable bonds is 4. The summed E-state index contributed by atoms with van der Waals surface area (Å²) in [5.41, 5.74) is 1.26. The molecule has 0 aromatic carbocycles. The van der Waals surface area contributed by atoms with Gasteiger partial charge in [0.1, 0.15) is 5.82 Å². The third-order valence-electron chi connectivity index (χ3n) is 4.18. The maximum absolute atomic E-state index is 4.63. The van der Waals surface area contributed by atoms with E-state index in [1.165, 1.54) is 12.0 Å². The van der Waals surface area contributed by atoms with Gasteiger partial charge in [-0.2, -0.15) is 0 Å². The predicted octanol–water partition coefficient (Wildman–Crippen LogP) is 3.06. The molecule has 1 aromatic rings. The zero-order valence-corrected chi connectivity index (χ0v) is 12.7. The van der Waals surface area contributed by atoms with Crippen LogP contribution >= 0.6 is 0 Å². The molecule has 2 heterocycles. The van der Waals surface area contributed by atoms with Crippen LogP contribution in [0.4, 0.5) is 5.82 Å². The van der Waals surface area contributed by atoms with E-state index in [0.717, 1.165) is 37.3 Å². The first-order chi connectivity index (χ1) is 9.06. The van der Waals surface area contributed by atoms with E-state index in [4.69, 9.17) is 0 Å². The molecular weight excluding hydrogens is 234 g/mol. The van der Waals surface area contributed by atoms with Gasteiger partial charge in [-0.3, -0.25) is 0 Å². The van der Waals surface area contributed by atoms with Crippen LogP contribution in [0, 0.1) is 11.8 Å². The van der Waals surface area contributed by atoms with E-state index in [1.54, 1.807) is 0 Å². The number of hydrogen-bond acceptors (Lipinski definition) is 3. The van der Waals surface area contributed by atoms with Crippen molar-refractivity contribution in [1.29, 1.82) is 0 Å². The van der Waals surface area contributed by atoms with Gasteiger partial charge in [-0.25, -0.2) is 4.98 Å². The van der Waals surface area contributed by atoms with Crippen molar-refractivity contribution < 1.29 is 0 Å². The van der Waals surface area contributed by atoms with Crippen molar-refractivity contribution in [2.75, 3.05) is 18.0 Å². The molecule has 0 radical (unpaired) electrons. The first-order valence-corrected chi connectivity index (χ1v) is 7.49. The molecule has 3 heteroatoms. The van der Waals surface area contributed by atoms with Gasteiger partial charge in [0, 0.05) is 31.9 Å². The van der Waals surface area contributed by atoms with Crippen LogP contribution in [0.2, 0.25) is 0 Å². The minimum absolute atomic E-state index is 0.518. The van der Waals surface area contributed by atoms with E-state index in [1.807, 2.05) is 6.20 Å². The first kappa shape index (κ1) is 14.3. The topological polar surface area (TPSA) is 28.2 Å². The summed E-state index contributed by atoms with van der Waals surface area (Å²) in [6, 6.07) is 4.88. The lowest BCUT2D eigenvalue weighted by Gasteiger charge is -2.36. The van der Waals surface area contributed by atoms with E-state index in [9.17, 15) is 0 Å². The molecule has 1 fully saturated rings. The van der Waals surface area contributed by atoms with Gasteiger partial charge in [0.15, 0.2) is 0 Å². The second kappa shape index (κ2) is 6.38. The second-order valence-electron chi connectivity index (χ2n) is 6.25. The fourth-order valence-corrected chi connectivity index (χ4v) is 2.50. The summed E-state index contributed by atoms with van der Waals surface area (Å²) in [6.45, 7) is 12.2.